The Hall–Kier alpha value is -2.70. The van der Waals surface area contributed by atoms with Crippen LogP contribution in [0.5, 0.6) is 0 Å². The first-order chi connectivity index (χ1) is 12.9. The molecule has 1 N–H and O–H groups in total. The summed E-state index contributed by atoms with van der Waals surface area (Å²) in [5.74, 6) is -0.338. The standard InChI is InChI=1S/C18H20N4O4S/c1-21(8-4-7-19)27(25,26)13-5-6-16-14(11-13)17(23)15(12-20-16)18(24)22-9-2-3-10-22/h5-6,11-12H,2-4,8-10H2,1H3,(H,20,23). The van der Waals surface area contributed by atoms with Gasteiger partial charge in [0.1, 0.15) is 5.56 Å². The van der Waals surface area contributed by atoms with Crippen molar-refractivity contribution >= 4 is 26.8 Å². The van der Waals surface area contributed by atoms with Crippen molar-refractivity contribution < 1.29 is 13.2 Å². The Morgan fingerprint density at radius 2 is 2.04 bits per heavy atom. The average molecular weight is 388 g/mol. The number of nitrogens with zero attached hydrogens (tertiary/aromatic N) is 3. The van der Waals surface area contributed by atoms with Gasteiger partial charge in [0.25, 0.3) is 5.91 Å². The van der Waals surface area contributed by atoms with Crippen molar-refractivity contribution in [1.29, 1.82) is 5.26 Å². The van der Waals surface area contributed by atoms with Gasteiger partial charge in [-0.3, -0.25) is 9.59 Å². The summed E-state index contributed by atoms with van der Waals surface area (Å²) in [6.07, 6.45) is 3.28. The molecule has 1 saturated heterocycles. The molecule has 0 bridgehead atoms. The molecule has 1 amide bonds. The lowest BCUT2D eigenvalue weighted by atomic mass is 10.1. The van der Waals surface area contributed by atoms with Gasteiger partial charge in [-0.25, -0.2) is 8.42 Å². The van der Waals surface area contributed by atoms with Gasteiger partial charge < -0.3 is 9.88 Å². The largest absolute Gasteiger partial charge is 0.360 e. The highest BCUT2D eigenvalue weighted by molar-refractivity contribution is 7.89. The topological polar surface area (TPSA) is 114 Å². The number of carbonyl (C=O) groups is 1. The van der Waals surface area contributed by atoms with Gasteiger partial charge in [-0.1, -0.05) is 0 Å². The number of pyridine rings is 1. The van der Waals surface area contributed by atoms with E-state index in [9.17, 15) is 18.0 Å². The minimum atomic E-state index is -3.83. The fourth-order valence-electron chi connectivity index (χ4n) is 3.12. The van der Waals surface area contributed by atoms with Gasteiger partial charge in [0.15, 0.2) is 0 Å². The molecule has 3 rings (SSSR count). The molecule has 1 fully saturated rings. The van der Waals surface area contributed by atoms with Gasteiger partial charge in [0.05, 0.1) is 11.0 Å². The lowest BCUT2D eigenvalue weighted by Gasteiger charge is -2.17. The number of amides is 1. The number of hydrogen-bond donors (Lipinski definition) is 1. The normalized spacial score (nSPS) is 14.6. The van der Waals surface area contributed by atoms with E-state index in [4.69, 9.17) is 5.26 Å². The number of nitriles is 1. The Morgan fingerprint density at radius 1 is 1.33 bits per heavy atom. The second-order valence-corrected chi connectivity index (χ2v) is 8.52. The molecule has 0 radical (unpaired) electrons. The highest BCUT2D eigenvalue weighted by Gasteiger charge is 2.24. The Balaban J connectivity index is 2.04. The molecule has 142 valence electrons. The Kier molecular flexibility index (Phi) is 5.30. The molecule has 0 saturated carbocycles. The first-order valence-electron chi connectivity index (χ1n) is 8.64. The van der Waals surface area contributed by atoms with E-state index < -0.39 is 15.5 Å². The van der Waals surface area contributed by atoms with Crippen LogP contribution in [0.25, 0.3) is 10.9 Å². The van der Waals surface area contributed by atoms with Crippen LogP contribution in [0.15, 0.2) is 34.1 Å². The van der Waals surface area contributed by atoms with E-state index in [0.29, 0.717) is 18.6 Å². The summed E-state index contributed by atoms with van der Waals surface area (Å²) < 4.78 is 26.4. The second-order valence-electron chi connectivity index (χ2n) is 6.47. The van der Waals surface area contributed by atoms with Crippen molar-refractivity contribution in [3.05, 3.63) is 40.2 Å². The third-order valence-electron chi connectivity index (χ3n) is 4.72. The molecule has 1 aliphatic rings. The minimum absolute atomic E-state index is 0.0109. The van der Waals surface area contributed by atoms with Crippen LogP contribution in [0, 0.1) is 11.3 Å². The molecule has 2 aromatic rings. The number of likely N-dealkylation sites (tertiary alicyclic amines) is 1. The highest BCUT2D eigenvalue weighted by atomic mass is 32.2. The van der Waals surface area contributed by atoms with E-state index in [0.717, 1.165) is 17.1 Å². The van der Waals surface area contributed by atoms with Crippen molar-refractivity contribution in [1.82, 2.24) is 14.2 Å². The number of rotatable bonds is 5. The van der Waals surface area contributed by atoms with Crippen molar-refractivity contribution in [2.45, 2.75) is 24.2 Å². The van der Waals surface area contributed by atoms with E-state index in [1.54, 1.807) is 4.90 Å². The number of aromatic nitrogens is 1. The number of sulfonamides is 1. The average Bonchev–Trinajstić information content (AvgIpc) is 3.20. The van der Waals surface area contributed by atoms with Crippen molar-refractivity contribution in [3.63, 3.8) is 0 Å². The molecule has 2 heterocycles. The summed E-state index contributed by atoms with van der Waals surface area (Å²) in [5.41, 5.74) is -0.0224. The van der Waals surface area contributed by atoms with E-state index >= 15 is 0 Å². The molecule has 1 aromatic heterocycles. The molecule has 1 aliphatic heterocycles. The SMILES string of the molecule is CN(CCC#N)S(=O)(=O)c1ccc2[nH]cc(C(=O)N3CCCC3)c(=O)c2c1. The van der Waals surface area contributed by atoms with Crippen LogP contribution in [0.1, 0.15) is 29.6 Å². The molecule has 0 atom stereocenters. The monoisotopic (exact) mass is 388 g/mol. The maximum atomic E-state index is 12.8. The van der Waals surface area contributed by atoms with Crippen LogP contribution in [0.2, 0.25) is 0 Å². The number of carbonyl (C=O) groups excluding carboxylic acids is 1. The number of aromatic amines is 1. The summed E-state index contributed by atoms with van der Waals surface area (Å²) in [6, 6.07) is 6.10. The fourth-order valence-corrected chi connectivity index (χ4v) is 4.31. The molecule has 0 unspecified atom stereocenters. The summed E-state index contributed by atoms with van der Waals surface area (Å²) in [4.78, 5) is 29.9. The van der Waals surface area contributed by atoms with E-state index in [1.807, 2.05) is 6.07 Å². The lowest BCUT2D eigenvalue weighted by molar-refractivity contribution is 0.0791. The van der Waals surface area contributed by atoms with Crippen molar-refractivity contribution in [2.75, 3.05) is 26.7 Å². The smallest absolute Gasteiger partial charge is 0.259 e. The third-order valence-corrected chi connectivity index (χ3v) is 6.58. The van der Waals surface area contributed by atoms with E-state index in [1.165, 1.54) is 31.4 Å². The Labute approximate surface area is 157 Å². The lowest BCUT2D eigenvalue weighted by Crippen LogP contribution is -2.32. The summed E-state index contributed by atoms with van der Waals surface area (Å²) in [5, 5.41) is 8.80. The van der Waals surface area contributed by atoms with Crippen LogP contribution in [0.4, 0.5) is 0 Å². The van der Waals surface area contributed by atoms with Crippen LogP contribution >= 0.6 is 0 Å². The summed E-state index contributed by atoms with van der Waals surface area (Å²) >= 11 is 0. The summed E-state index contributed by atoms with van der Waals surface area (Å²) in [7, 11) is -2.45. The van der Waals surface area contributed by atoms with Gasteiger partial charge in [-0.05, 0) is 31.0 Å². The molecule has 27 heavy (non-hydrogen) atoms. The number of H-pyrrole nitrogens is 1. The first-order valence-corrected chi connectivity index (χ1v) is 10.1. The highest BCUT2D eigenvalue weighted by Crippen LogP contribution is 2.20. The number of hydrogen-bond acceptors (Lipinski definition) is 5. The fraction of sp³-hybridized carbons (Fsp3) is 0.389. The number of fused-ring (bicyclic) bond motifs is 1. The third kappa shape index (κ3) is 3.59. The van der Waals surface area contributed by atoms with E-state index in [-0.39, 0.29) is 34.7 Å². The Morgan fingerprint density at radius 3 is 2.70 bits per heavy atom. The molecule has 1 aromatic carbocycles. The first kappa shape index (κ1) is 19.1. The zero-order valence-corrected chi connectivity index (χ0v) is 15.8. The molecule has 0 spiro atoms. The van der Waals surface area contributed by atoms with E-state index in [2.05, 4.69) is 4.98 Å². The quantitative estimate of drug-likeness (QED) is 0.829. The van der Waals surface area contributed by atoms with Crippen LogP contribution in [-0.4, -0.2) is 55.2 Å². The predicted octanol–water partition coefficient (Wildman–Crippen LogP) is 1.30. The maximum Gasteiger partial charge on any atom is 0.259 e. The molecular weight excluding hydrogens is 368 g/mol. The minimum Gasteiger partial charge on any atom is -0.360 e. The zero-order valence-electron chi connectivity index (χ0n) is 14.9. The number of nitrogens with one attached hydrogen (secondary N) is 1. The van der Waals surface area contributed by atoms with Gasteiger partial charge in [0.2, 0.25) is 15.5 Å². The summed E-state index contributed by atoms with van der Waals surface area (Å²) in [6.45, 7) is 1.30. The molecular formula is C18H20N4O4S. The molecule has 0 aliphatic carbocycles. The van der Waals surface area contributed by atoms with Crippen LogP contribution in [-0.2, 0) is 10.0 Å². The van der Waals surface area contributed by atoms with Gasteiger partial charge in [-0.2, -0.15) is 9.57 Å². The van der Waals surface area contributed by atoms with Gasteiger partial charge >= 0.3 is 0 Å². The van der Waals surface area contributed by atoms with Gasteiger partial charge in [0, 0.05) is 50.2 Å². The van der Waals surface area contributed by atoms with Crippen molar-refractivity contribution in [2.24, 2.45) is 0 Å². The molecule has 8 nitrogen and oxygen atoms in total. The van der Waals surface area contributed by atoms with Crippen LogP contribution in [0.3, 0.4) is 0 Å². The molecule has 9 heteroatoms. The second kappa shape index (κ2) is 7.50. The van der Waals surface area contributed by atoms with Crippen molar-refractivity contribution in [3.8, 4) is 6.07 Å². The zero-order chi connectivity index (χ0) is 19.6. The number of benzene rings is 1. The predicted molar refractivity (Wildman–Crippen MR) is 99.8 cm³/mol. The van der Waals surface area contributed by atoms with Crippen LogP contribution < -0.4 is 5.43 Å². The maximum absolute atomic E-state index is 12.8. The Bertz CT molecular complexity index is 1080. The van der Waals surface area contributed by atoms with Gasteiger partial charge in [-0.15, -0.1) is 0 Å².